The molecule has 5 nitrogen and oxygen atoms in total. The van der Waals surface area contributed by atoms with E-state index in [1.54, 1.807) is 18.2 Å². The predicted octanol–water partition coefficient (Wildman–Crippen LogP) is 4.73. The highest BCUT2D eigenvalue weighted by atomic mass is 35.5. The maximum absolute atomic E-state index is 13.8. The van der Waals surface area contributed by atoms with Crippen molar-refractivity contribution in [3.05, 3.63) is 101 Å². The average molecular weight is 507 g/mol. The van der Waals surface area contributed by atoms with Crippen LogP contribution in [-0.2, 0) is 14.8 Å². The molecule has 34 heavy (non-hydrogen) atoms. The van der Waals surface area contributed by atoms with Crippen LogP contribution in [-0.4, -0.2) is 57.0 Å². The summed E-state index contributed by atoms with van der Waals surface area (Å²) in [6.45, 7) is 2.77. The van der Waals surface area contributed by atoms with Crippen molar-refractivity contribution in [2.45, 2.75) is 11.0 Å². The van der Waals surface area contributed by atoms with Crippen molar-refractivity contribution in [2.75, 3.05) is 39.3 Å². The summed E-state index contributed by atoms with van der Waals surface area (Å²) < 4.78 is 60.6. The molecule has 3 aromatic carbocycles. The fourth-order valence-electron chi connectivity index (χ4n) is 3.96. The van der Waals surface area contributed by atoms with Gasteiger partial charge in [-0.3, -0.25) is 4.90 Å². The van der Waals surface area contributed by atoms with Gasteiger partial charge < -0.3 is 4.74 Å². The summed E-state index contributed by atoms with van der Waals surface area (Å²) in [5, 5.41) is 0.380. The van der Waals surface area contributed by atoms with E-state index in [1.807, 2.05) is 30.3 Å². The summed E-state index contributed by atoms with van der Waals surface area (Å²) in [5.74, 6) is -1.82. The zero-order valence-corrected chi connectivity index (χ0v) is 20.0. The first-order valence-electron chi connectivity index (χ1n) is 10.9. The molecule has 0 radical (unpaired) electrons. The van der Waals surface area contributed by atoms with E-state index in [9.17, 15) is 17.2 Å². The van der Waals surface area contributed by atoms with Crippen molar-refractivity contribution in [3.8, 4) is 0 Å². The molecule has 1 atom stereocenters. The monoisotopic (exact) mass is 506 g/mol. The van der Waals surface area contributed by atoms with Crippen LogP contribution in [0.2, 0.25) is 5.02 Å². The number of ether oxygens (including phenoxy) is 1. The van der Waals surface area contributed by atoms with Crippen LogP contribution in [0.3, 0.4) is 0 Å². The molecule has 0 N–H and O–H groups in total. The van der Waals surface area contributed by atoms with Crippen LogP contribution in [0.15, 0.2) is 77.7 Å². The maximum atomic E-state index is 13.8. The Hall–Kier alpha value is -2.36. The number of rotatable bonds is 8. The number of nitrogens with zero attached hydrogens (tertiary/aromatic N) is 2. The van der Waals surface area contributed by atoms with Crippen molar-refractivity contribution in [2.24, 2.45) is 0 Å². The zero-order chi connectivity index (χ0) is 24.1. The molecule has 0 saturated carbocycles. The van der Waals surface area contributed by atoms with Crippen LogP contribution in [0, 0.1) is 11.6 Å². The Bertz CT molecular complexity index is 1220. The van der Waals surface area contributed by atoms with Gasteiger partial charge in [0.05, 0.1) is 11.5 Å². The molecule has 1 fully saturated rings. The summed E-state index contributed by atoms with van der Waals surface area (Å²) in [6.07, 6.45) is -0.541. The minimum absolute atomic E-state index is 0.189. The van der Waals surface area contributed by atoms with Crippen LogP contribution in [0.5, 0.6) is 0 Å². The van der Waals surface area contributed by atoms with Gasteiger partial charge in [-0.25, -0.2) is 17.2 Å². The quantitative estimate of drug-likeness (QED) is 0.443. The van der Waals surface area contributed by atoms with Crippen molar-refractivity contribution < 1.29 is 21.9 Å². The van der Waals surface area contributed by atoms with E-state index >= 15 is 0 Å². The van der Waals surface area contributed by atoms with Crippen LogP contribution < -0.4 is 0 Å². The first-order valence-corrected chi connectivity index (χ1v) is 12.8. The summed E-state index contributed by atoms with van der Waals surface area (Å²) in [7, 11) is -3.60. The van der Waals surface area contributed by atoms with E-state index in [0.29, 0.717) is 49.9 Å². The number of sulfonamides is 1. The van der Waals surface area contributed by atoms with Crippen LogP contribution >= 0.6 is 11.6 Å². The summed E-state index contributed by atoms with van der Waals surface area (Å²) in [5.41, 5.74) is 1.37. The van der Waals surface area contributed by atoms with Crippen LogP contribution in [0.1, 0.15) is 17.2 Å². The van der Waals surface area contributed by atoms with E-state index < -0.39 is 27.8 Å². The van der Waals surface area contributed by atoms with E-state index in [0.717, 1.165) is 17.7 Å². The molecule has 4 rings (SSSR count). The highest BCUT2D eigenvalue weighted by Crippen LogP contribution is 2.27. The Balaban J connectivity index is 1.35. The van der Waals surface area contributed by atoms with Crippen LogP contribution in [0.25, 0.3) is 0 Å². The van der Waals surface area contributed by atoms with Gasteiger partial charge in [0.1, 0.15) is 6.10 Å². The first kappa shape index (κ1) is 24.8. The van der Waals surface area contributed by atoms with Crippen molar-refractivity contribution >= 4 is 21.6 Å². The standard InChI is InChI=1S/C25H25ClF2N2O3S/c26-21-7-4-8-22(18-21)34(31,32)30-13-11-29(12-14-30)15-16-33-25(19-5-2-1-3-6-19)20-9-10-23(27)24(28)17-20/h1-10,17-18,25H,11-16H2/t25-/m1/s1. The van der Waals surface area contributed by atoms with Crippen molar-refractivity contribution in [1.29, 1.82) is 0 Å². The lowest BCUT2D eigenvalue weighted by atomic mass is 10.0. The molecule has 1 aliphatic heterocycles. The lowest BCUT2D eigenvalue weighted by Crippen LogP contribution is -2.49. The summed E-state index contributed by atoms with van der Waals surface area (Å²) >= 11 is 5.96. The number of hydrogen-bond donors (Lipinski definition) is 0. The van der Waals surface area contributed by atoms with E-state index in [4.69, 9.17) is 16.3 Å². The van der Waals surface area contributed by atoms with E-state index in [2.05, 4.69) is 4.90 Å². The molecule has 1 saturated heterocycles. The van der Waals surface area contributed by atoms with Gasteiger partial charge in [0, 0.05) is 37.7 Å². The van der Waals surface area contributed by atoms with Gasteiger partial charge in [-0.05, 0) is 41.5 Å². The van der Waals surface area contributed by atoms with E-state index in [-0.39, 0.29) is 4.90 Å². The number of benzene rings is 3. The summed E-state index contributed by atoms with van der Waals surface area (Å²) in [4.78, 5) is 2.31. The Labute approximate surface area is 203 Å². The average Bonchev–Trinajstić information content (AvgIpc) is 2.84. The van der Waals surface area contributed by atoms with Crippen molar-refractivity contribution in [3.63, 3.8) is 0 Å². The predicted molar refractivity (Wildman–Crippen MR) is 127 cm³/mol. The molecule has 3 aromatic rings. The third kappa shape index (κ3) is 5.82. The molecule has 1 heterocycles. The number of piperazine rings is 1. The molecular weight excluding hydrogens is 482 g/mol. The lowest BCUT2D eigenvalue weighted by Gasteiger charge is -2.34. The van der Waals surface area contributed by atoms with Gasteiger partial charge in [-0.1, -0.05) is 54.1 Å². The molecule has 0 spiro atoms. The fourth-order valence-corrected chi connectivity index (χ4v) is 5.68. The Morgan fingerprint density at radius 1 is 0.853 bits per heavy atom. The molecule has 0 aromatic heterocycles. The fraction of sp³-hybridized carbons (Fsp3) is 0.280. The topological polar surface area (TPSA) is 49.9 Å². The largest absolute Gasteiger partial charge is 0.367 e. The minimum Gasteiger partial charge on any atom is -0.367 e. The van der Waals surface area contributed by atoms with E-state index in [1.165, 1.54) is 16.4 Å². The molecule has 0 unspecified atom stereocenters. The molecular formula is C25H25ClF2N2O3S. The Morgan fingerprint density at radius 2 is 1.59 bits per heavy atom. The molecule has 180 valence electrons. The number of halogens is 3. The van der Waals surface area contributed by atoms with Gasteiger partial charge in [0.2, 0.25) is 10.0 Å². The second-order valence-electron chi connectivity index (χ2n) is 8.04. The second-order valence-corrected chi connectivity index (χ2v) is 10.4. The summed E-state index contributed by atoms with van der Waals surface area (Å²) in [6, 6.07) is 19.4. The lowest BCUT2D eigenvalue weighted by molar-refractivity contribution is 0.0525. The molecule has 1 aliphatic rings. The van der Waals surface area contributed by atoms with Crippen LogP contribution in [0.4, 0.5) is 8.78 Å². The minimum atomic E-state index is -3.60. The molecule has 0 bridgehead atoms. The SMILES string of the molecule is O=S(=O)(c1cccc(Cl)c1)N1CCN(CCO[C@H](c2ccccc2)c2ccc(F)c(F)c2)CC1. The molecule has 9 heteroatoms. The Kier molecular flexibility index (Phi) is 7.95. The molecule has 0 amide bonds. The maximum Gasteiger partial charge on any atom is 0.243 e. The highest BCUT2D eigenvalue weighted by Gasteiger charge is 2.28. The normalized spacial score (nSPS) is 16.4. The third-order valence-electron chi connectivity index (χ3n) is 5.81. The first-order chi connectivity index (χ1) is 16.3. The molecule has 0 aliphatic carbocycles. The smallest absolute Gasteiger partial charge is 0.243 e. The van der Waals surface area contributed by atoms with Gasteiger partial charge >= 0.3 is 0 Å². The van der Waals surface area contributed by atoms with Crippen molar-refractivity contribution in [1.82, 2.24) is 9.21 Å². The second kappa shape index (κ2) is 10.9. The Morgan fingerprint density at radius 3 is 2.26 bits per heavy atom. The zero-order valence-electron chi connectivity index (χ0n) is 18.4. The van der Waals surface area contributed by atoms with Gasteiger partial charge in [0.15, 0.2) is 11.6 Å². The van der Waals surface area contributed by atoms with Gasteiger partial charge in [-0.2, -0.15) is 4.31 Å². The van der Waals surface area contributed by atoms with Gasteiger partial charge in [0.25, 0.3) is 0 Å². The third-order valence-corrected chi connectivity index (χ3v) is 7.94. The van der Waals surface area contributed by atoms with Gasteiger partial charge in [-0.15, -0.1) is 0 Å². The highest BCUT2D eigenvalue weighted by molar-refractivity contribution is 7.89. The number of hydrogen-bond acceptors (Lipinski definition) is 4.